The summed E-state index contributed by atoms with van der Waals surface area (Å²) in [7, 11) is 0. The van der Waals surface area contributed by atoms with Gasteiger partial charge >= 0.3 is 0 Å². The lowest BCUT2D eigenvalue weighted by Gasteiger charge is -2.20. The minimum atomic E-state index is -0.558. The number of halogens is 1. The van der Waals surface area contributed by atoms with Crippen LogP contribution in [0.5, 0.6) is 0 Å². The maximum Gasteiger partial charge on any atom is 0.274 e. The summed E-state index contributed by atoms with van der Waals surface area (Å²) >= 11 is 0. The first-order valence-corrected chi connectivity index (χ1v) is 6.37. The third-order valence-electron chi connectivity index (χ3n) is 2.84. The zero-order valence-electron chi connectivity index (χ0n) is 11.3. The molecule has 0 bridgehead atoms. The smallest absolute Gasteiger partial charge is 0.274 e. The number of hydrogen-bond donors (Lipinski definition) is 1. The Morgan fingerprint density at radius 3 is 2.75 bits per heavy atom. The highest BCUT2D eigenvalue weighted by Gasteiger charge is 2.18. The molecule has 1 amide bonds. The molecule has 0 spiro atoms. The summed E-state index contributed by atoms with van der Waals surface area (Å²) in [5.41, 5.74) is 5.25. The molecule has 1 aromatic carbocycles. The molecule has 0 aromatic heterocycles. The Labute approximate surface area is 116 Å². The first-order chi connectivity index (χ1) is 9.43. The molecule has 0 radical (unpaired) electrons. The first-order valence-electron chi connectivity index (χ1n) is 6.37. The van der Waals surface area contributed by atoms with Gasteiger partial charge in [-0.15, -0.1) is 0 Å². The highest BCUT2D eigenvalue weighted by Crippen LogP contribution is 2.21. The van der Waals surface area contributed by atoms with Crippen LogP contribution in [0.4, 0.5) is 10.1 Å². The minimum absolute atomic E-state index is 0.00628. The van der Waals surface area contributed by atoms with Gasteiger partial charge in [0.15, 0.2) is 0 Å². The molecular formula is C13H18FN3O3. The van der Waals surface area contributed by atoms with E-state index in [4.69, 9.17) is 5.73 Å². The monoisotopic (exact) mass is 283 g/mol. The molecule has 0 aliphatic rings. The fourth-order valence-electron chi connectivity index (χ4n) is 1.92. The number of nitro groups is 1. The topological polar surface area (TPSA) is 89.5 Å². The Balaban J connectivity index is 2.93. The van der Waals surface area contributed by atoms with Crippen LogP contribution >= 0.6 is 0 Å². The van der Waals surface area contributed by atoms with Crippen LogP contribution in [-0.2, 0) is 11.3 Å². The summed E-state index contributed by atoms with van der Waals surface area (Å²) in [4.78, 5) is 23.1. The minimum Gasteiger partial charge on any atom is -0.369 e. The number of hydrogen-bond acceptors (Lipinski definition) is 4. The molecule has 2 N–H and O–H groups in total. The van der Waals surface area contributed by atoms with Crippen LogP contribution in [-0.4, -0.2) is 28.8 Å². The predicted molar refractivity (Wildman–Crippen MR) is 72.4 cm³/mol. The molecule has 0 fully saturated rings. The zero-order chi connectivity index (χ0) is 15.1. The standard InChI is InChI=1S/C13H18FN3O3/c1-2-3-6-16(9-13(15)18)8-10-7-11(14)4-5-12(10)17(19)20/h4-5,7H,2-3,6,8-9H2,1H3,(H2,15,18). The summed E-state index contributed by atoms with van der Waals surface area (Å²) in [6, 6.07) is 3.30. The van der Waals surface area contributed by atoms with Crippen LogP contribution in [0.25, 0.3) is 0 Å². The van der Waals surface area contributed by atoms with Gasteiger partial charge in [0.1, 0.15) is 5.82 Å². The van der Waals surface area contributed by atoms with E-state index in [-0.39, 0.29) is 24.3 Å². The summed E-state index contributed by atoms with van der Waals surface area (Å²) in [5, 5.41) is 10.9. The number of rotatable bonds is 8. The van der Waals surface area contributed by atoms with E-state index < -0.39 is 16.6 Å². The van der Waals surface area contributed by atoms with E-state index in [0.717, 1.165) is 31.0 Å². The second-order valence-electron chi connectivity index (χ2n) is 4.56. The van der Waals surface area contributed by atoms with Gasteiger partial charge in [-0.2, -0.15) is 0 Å². The van der Waals surface area contributed by atoms with Gasteiger partial charge in [-0.05, 0) is 25.1 Å². The predicted octanol–water partition coefficient (Wildman–Crippen LogP) is 1.82. The molecule has 6 nitrogen and oxygen atoms in total. The molecule has 110 valence electrons. The number of nitrogens with two attached hydrogens (primary N) is 1. The van der Waals surface area contributed by atoms with Crippen LogP contribution in [0.2, 0.25) is 0 Å². The highest BCUT2D eigenvalue weighted by molar-refractivity contribution is 5.75. The van der Waals surface area contributed by atoms with Gasteiger partial charge in [0.05, 0.1) is 11.5 Å². The second-order valence-corrected chi connectivity index (χ2v) is 4.56. The van der Waals surface area contributed by atoms with Gasteiger partial charge < -0.3 is 5.73 Å². The van der Waals surface area contributed by atoms with E-state index in [2.05, 4.69) is 0 Å². The fourth-order valence-corrected chi connectivity index (χ4v) is 1.92. The Morgan fingerprint density at radius 1 is 1.50 bits per heavy atom. The summed E-state index contributed by atoms with van der Waals surface area (Å²) < 4.78 is 13.2. The van der Waals surface area contributed by atoms with Crippen molar-refractivity contribution in [2.75, 3.05) is 13.1 Å². The summed E-state index contributed by atoms with van der Waals surface area (Å²) in [6.07, 6.45) is 1.75. The Morgan fingerprint density at radius 2 is 2.20 bits per heavy atom. The van der Waals surface area contributed by atoms with Gasteiger partial charge in [-0.1, -0.05) is 13.3 Å². The van der Waals surface area contributed by atoms with Gasteiger partial charge in [-0.3, -0.25) is 19.8 Å². The SMILES string of the molecule is CCCCN(CC(N)=O)Cc1cc(F)ccc1[N+](=O)[O-]. The van der Waals surface area contributed by atoms with Gasteiger partial charge in [0, 0.05) is 18.2 Å². The van der Waals surface area contributed by atoms with Crippen molar-refractivity contribution >= 4 is 11.6 Å². The molecule has 0 aliphatic carbocycles. The van der Waals surface area contributed by atoms with Crippen LogP contribution in [0.3, 0.4) is 0 Å². The van der Waals surface area contributed by atoms with E-state index >= 15 is 0 Å². The largest absolute Gasteiger partial charge is 0.369 e. The van der Waals surface area contributed by atoms with Crippen molar-refractivity contribution in [3.05, 3.63) is 39.7 Å². The molecule has 20 heavy (non-hydrogen) atoms. The molecule has 0 unspecified atom stereocenters. The van der Waals surface area contributed by atoms with Crippen molar-refractivity contribution in [2.24, 2.45) is 5.73 Å². The molecule has 0 saturated heterocycles. The number of carbonyl (C=O) groups is 1. The summed E-state index contributed by atoms with van der Waals surface area (Å²) in [5.74, 6) is -1.06. The van der Waals surface area contributed by atoms with E-state index in [9.17, 15) is 19.3 Å². The molecular weight excluding hydrogens is 265 g/mol. The molecule has 0 saturated carbocycles. The summed E-state index contributed by atoms with van der Waals surface area (Å²) in [6.45, 7) is 2.69. The normalized spacial score (nSPS) is 10.8. The number of unbranched alkanes of at least 4 members (excludes halogenated alkanes) is 1. The quantitative estimate of drug-likeness (QED) is 0.582. The first kappa shape index (κ1) is 16.0. The second kappa shape index (κ2) is 7.54. The maximum absolute atomic E-state index is 13.2. The van der Waals surface area contributed by atoms with Crippen molar-refractivity contribution < 1.29 is 14.1 Å². The lowest BCUT2D eigenvalue weighted by molar-refractivity contribution is -0.385. The van der Waals surface area contributed by atoms with Crippen molar-refractivity contribution in [3.63, 3.8) is 0 Å². The third kappa shape index (κ3) is 4.93. The van der Waals surface area contributed by atoms with Crippen molar-refractivity contribution in [1.29, 1.82) is 0 Å². The van der Waals surface area contributed by atoms with Crippen molar-refractivity contribution in [2.45, 2.75) is 26.3 Å². The molecule has 0 aliphatic heterocycles. The number of nitro benzene ring substituents is 1. The van der Waals surface area contributed by atoms with Crippen molar-refractivity contribution in [3.8, 4) is 0 Å². The zero-order valence-corrected chi connectivity index (χ0v) is 11.3. The van der Waals surface area contributed by atoms with Gasteiger partial charge in [0.25, 0.3) is 5.69 Å². The number of carbonyl (C=O) groups excluding carboxylic acids is 1. The number of benzene rings is 1. The number of nitrogens with zero attached hydrogens (tertiary/aromatic N) is 2. The Bertz CT molecular complexity index is 494. The average molecular weight is 283 g/mol. The van der Waals surface area contributed by atoms with Gasteiger partial charge in [-0.25, -0.2) is 4.39 Å². The van der Waals surface area contributed by atoms with Crippen LogP contribution in [0.15, 0.2) is 18.2 Å². The Hall–Kier alpha value is -2.02. The lowest BCUT2D eigenvalue weighted by Crippen LogP contribution is -2.34. The number of primary amides is 1. The van der Waals surface area contributed by atoms with E-state index in [1.165, 1.54) is 0 Å². The van der Waals surface area contributed by atoms with Crippen LogP contribution < -0.4 is 5.73 Å². The van der Waals surface area contributed by atoms with Crippen molar-refractivity contribution in [1.82, 2.24) is 4.90 Å². The van der Waals surface area contributed by atoms with Crippen LogP contribution in [0, 0.1) is 15.9 Å². The van der Waals surface area contributed by atoms with E-state index in [1.807, 2.05) is 6.92 Å². The molecule has 0 atom stereocenters. The van der Waals surface area contributed by atoms with Gasteiger partial charge in [0.2, 0.25) is 5.91 Å². The molecule has 7 heteroatoms. The van der Waals surface area contributed by atoms with E-state index in [0.29, 0.717) is 6.54 Å². The third-order valence-corrected chi connectivity index (χ3v) is 2.84. The lowest BCUT2D eigenvalue weighted by atomic mass is 10.1. The molecule has 0 heterocycles. The average Bonchev–Trinajstić information content (AvgIpc) is 2.35. The maximum atomic E-state index is 13.2. The highest BCUT2D eigenvalue weighted by atomic mass is 19.1. The fraction of sp³-hybridized carbons (Fsp3) is 0.462. The molecule has 1 aromatic rings. The number of amides is 1. The Kier molecular flexibility index (Phi) is 6.05. The van der Waals surface area contributed by atoms with Crippen LogP contribution in [0.1, 0.15) is 25.3 Å². The molecule has 1 rings (SSSR count). The van der Waals surface area contributed by atoms with E-state index in [1.54, 1.807) is 4.90 Å².